The number of ether oxygens (including phenoxy) is 1. The summed E-state index contributed by atoms with van der Waals surface area (Å²) in [5.41, 5.74) is 0. The molecule has 0 fully saturated rings. The fraction of sp³-hybridized carbons (Fsp3) is 0.500. The van der Waals surface area contributed by atoms with E-state index in [0.29, 0.717) is 19.0 Å². The molecular formula is C12H17FO2S. The molecule has 0 spiro atoms. The van der Waals surface area contributed by atoms with E-state index >= 15 is 0 Å². The summed E-state index contributed by atoms with van der Waals surface area (Å²) >= 11 is 1.43. The van der Waals surface area contributed by atoms with Crippen LogP contribution in [0.15, 0.2) is 29.2 Å². The maximum absolute atomic E-state index is 12.8. The summed E-state index contributed by atoms with van der Waals surface area (Å²) in [4.78, 5) is 0.828. The van der Waals surface area contributed by atoms with Crippen LogP contribution in [0, 0.1) is 5.82 Å². The Labute approximate surface area is 99.8 Å². The van der Waals surface area contributed by atoms with E-state index in [2.05, 4.69) is 0 Å². The molecule has 1 unspecified atom stereocenters. The molecule has 1 aromatic carbocycles. The van der Waals surface area contributed by atoms with Gasteiger partial charge in [-0.2, -0.15) is 0 Å². The van der Waals surface area contributed by atoms with Crippen molar-refractivity contribution in [2.24, 2.45) is 0 Å². The Hall–Kier alpha value is -0.580. The summed E-state index contributed by atoms with van der Waals surface area (Å²) in [5.74, 6) is 0.273. The Morgan fingerprint density at radius 1 is 1.50 bits per heavy atom. The number of benzene rings is 1. The van der Waals surface area contributed by atoms with Crippen LogP contribution in [0.4, 0.5) is 4.39 Å². The molecule has 0 radical (unpaired) electrons. The minimum Gasteiger partial charge on any atom is -0.390 e. The maximum Gasteiger partial charge on any atom is 0.124 e. The second-order valence-corrected chi connectivity index (χ2v) is 4.59. The van der Waals surface area contributed by atoms with Crippen molar-refractivity contribution in [1.29, 1.82) is 0 Å². The third-order valence-electron chi connectivity index (χ3n) is 1.90. The molecule has 4 heteroatoms. The van der Waals surface area contributed by atoms with Crippen LogP contribution in [-0.4, -0.2) is 30.2 Å². The normalized spacial score (nSPS) is 12.7. The molecule has 0 aliphatic rings. The molecule has 1 rings (SSSR count). The average Bonchev–Trinajstić information content (AvgIpc) is 2.27. The van der Waals surface area contributed by atoms with E-state index in [4.69, 9.17) is 4.74 Å². The lowest BCUT2D eigenvalue weighted by atomic mass is 10.3. The molecule has 0 aliphatic heterocycles. The number of hydrogen-bond acceptors (Lipinski definition) is 3. The van der Waals surface area contributed by atoms with Crippen LogP contribution >= 0.6 is 11.8 Å². The van der Waals surface area contributed by atoms with Crippen LogP contribution in [0.1, 0.15) is 13.3 Å². The van der Waals surface area contributed by atoms with E-state index in [1.165, 1.54) is 23.9 Å². The Balaban J connectivity index is 2.23. The highest BCUT2D eigenvalue weighted by Crippen LogP contribution is 2.19. The third kappa shape index (κ3) is 5.49. The van der Waals surface area contributed by atoms with Gasteiger partial charge in [0.05, 0.1) is 12.7 Å². The molecule has 1 N–H and O–H groups in total. The van der Waals surface area contributed by atoms with E-state index < -0.39 is 6.10 Å². The molecule has 16 heavy (non-hydrogen) atoms. The van der Waals surface area contributed by atoms with Crippen molar-refractivity contribution in [3.8, 4) is 0 Å². The molecule has 1 atom stereocenters. The molecule has 0 bridgehead atoms. The van der Waals surface area contributed by atoms with Crippen molar-refractivity contribution in [2.45, 2.75) is 24.3 Å². The van der Waals surface area contributed by atoms with E-state index in [1.807, 2.05) is 13.0 Å². The summed E-state index contributed by atoms with van der Waals surface area (Å²) in [6, 6.07) is 6.36. The summed E-state index contributed by atoms with van der Waals surface area (Å²) in [6.07, 6.45) is 0.448. The van der Waals surface area contributed by atoms with E-state index in [-0.39, 0.29) is 5.82 Å². The van der Waals surface area contributed by atoms with Gasteiger partial charge < -0.3 is 9.84 Å². The zero-order valence-electron chi connectivity index (χ0n) is 9.36. The number of aliphatic hydroxyl groups excluding tert-OH is 1. The van der Waals surface area contributed by atoms with Gasteiger partial charge in [-0.15, -0.1) is 11.8 Å². The number of hydrogen-bond donors (Lipinski definition) is 1. The van der Waals surface area contributed by atoms with Gasteiger partial charge in [-0.3, -0.25) is 0 Å². The summed E-state index contributed by atoms with van der Waals surface area (Å²) < 4.78 is 18.1. The van der Waals surface area contributed by atoms with Crippen molar-refractivity contribution >= 4 is 11.8 Å². The van der Waals surface area contributed by atoms with Gasteiger partial charge in [-0.05, 0) is 24.6 Å². The number of thioether (sulfide) groups is 1. The van der Waals surface area contributed by atoms with Gasteiger partial charge in [-0.25, -0.2) is 4.39 Å². The van der Waals surface area contributed by atoms with Crippen molar-refractivity contribution in [2.75, 3.05) is 19.0 Å². The van der Waals surface area contributed by atoms with Crippen LogP contribution in [0.5, 0.6) is 0 Å². The summed E-state index contributed by atoms with van der Waals surface area (Å²) in [7, 11) is 0. The van der Waals surface area contributed by atoms with Crippen LogP contribution in [0.3, 0.4) is 0 Å². The quantitative estimate of drug-likeness (QED) is 0.590. The van der Waals surface area contributed by atoms with Gasteiger partial charge in [-0.1, -0.05) is 13.0 Å². The number of halogens is 1. The van der Waals surface area contributed by atoms with Crippen molar-refractivity contribution in [1.82, 2.24) is 0 Å². The van der Waals surface area contributed by atoms with Gasteiger partial charge in [0.15, 0.2) is 0 Å². The molecule has 0 amide bonds. The fourth-order valence-electron chi connectivity index (χ4n) is 1.16. The predicted molar refractivity (Wildman–Crippen MR) is 64.2 cm³/mol. The van der Waals surface area contributed by atoms with E-state index in [0.717, 1.165) is 11.3 Å². The number of aliphatic hydroxyl groups is 1. The van der Waals surface area contributed by atoms with Gasteiger partial charge >= 0.3 is 0 Å². The highest BCUT2D eigenvalue weighted by Gasteiger charge is 2.05. The largest absolute Gasteiger partial charge is 0.390 e. The first-order valence-electron chi connectivity index (χ1n) is 5.36. The third-order valence-corrected chi connectivity index (χ3v) is 3.04. The van der Waals surface area contributed by atoms with Gasteiger partial charge in [0.25, 0.3) is 0 Å². The molecule has 0 saturated carbocycles. The molecule has 0 aliphatic carbocycles. The van der Waals surface area contributed by atoms with Crippen LogP contribution in [0.2, 0.25) is 0 Å². The van der Waals surface area contributed by atoms with Gasteiger partial charge in [0.1, 0.15) is 5.82 Å². The Kier molecular flexibility index (Phi) is 6.45. The SMILES string of the molecule is CCCOCC(O)CSc1cccc(F)c1. The zero-order valence-corrected chi connectivity index (χ0v) is 10.2. The monoisotopic (exact) mass is 244 g/mol. The molecule has 1 aromatic rings. The van der Waals surface area contributed by atoms with Gasteiger partial charge in [0.2, 0.25) is 0 Å². The molecule has 90 valence electrons. The van der Waals surface area contributed by atoms with E-state index in [1.54, 1.807) is 6.07 Å². The van der Waals surface area contributed by atoms with Crippen molar-refractivity contribution in [3.05, 3.63) is 30.1 Å². The van der Waals surface area contributed by atoms with Crippen LogP contribution in [0.25, 0.3) is 0 Å². The lowest BCUT2D eigenvalue weighted by molar-refractivity contribution is 0.0489. The highest BCUT2D eigenvalue weighted by molar-refractivity contribution is 7.99. The van der Waals surface area contributed by atoms with Crippen LogP contribution < -0.4 is 0 Å². The Bertz CT molecular complexity index is 307. The first-order valence-corrected chi connectivity index (χ1v) is 6.35. The zero-order chi connectivity index (χ0) is 11.8. The van der Waals surface area contributed by atoms with Crippen LogP contribution in [-0.2, 0) is 4.74 Å². The van der Waals surface area contributed by atoms with E-state index in [9.17, 15) is 9.50 Å². The molecule has 0 aromatic heterocycles. The topological polar surface area (TPSA) is 29.5 Å². The molecule has 0 heterocycles. The fourth-order valence-corrected chi connectivity index (χ4v) is 2.01. The molecular weight excluding hydrogens is 227 g/mol. The molecule has 0 saturated heterocycles. The average molecular weight is 244 g/mol. The predicted octanol–water partition coefficient (Wildman–Crippen LogP) is 2.71. The second kappa shape index (κ2) is 7.65. The maximum atomic E-state index is 12.8. The van der Waals surface area contributed by atoms with Crippen molar-refractivity contribution < 1.29 is 14.2 Å². The first-order chi connectivity index (χ1) is 7.72. The minimum absolute atomic E-state index is 0.248. The standard InChI is InChI=1S/C12H17FO2S/c1-2-6-15-8-11(14)9-16-12-5-3-4-10(13)7-12/h3-5,7,11,14H,2,6,8-9H2,1H3. The lowest BCUT2D eigenvalue weighted by Gasteiger charge is -2.10. The Morgan fingerprint density at radius 2 is 2.31 bits per heavy atom. The second-order valence-electron chi connectivity index (χ2n) is 3.50. The summed E-state index contributed by atoms with van der Waals surface area (Å²) in [6.45, 7) is 3.03. The minimum atomic E-state index is -0.500. The van der Waals surface area contributed by atoms with Gasteiger partial charge in [0, 0.05) is 17.3 Å². The Morgan fingerprint density at radius 3 is 3.00 bits per heavy atom. The van der Waals surface area contributed by atoms with Crippen molar-refractivity contribution in [3.63, 3.8) is 0 Å². The lowest BCUT2D eigenvalue weighted by Crippen LogP contribution is -2.18. The first kappa shape index (κ1) is 13.5. The smallest absolute Gasteiger partial charge is 0.124 e. The molecule has 2 nitrogen and oxygen atoms in total. The highest BCUT2D eigenvalue weighted by atomic mass is 32.2. The number of rotatable bonds is 7. The summed E-state index contributed by atoms with van der Waals surface area (Å²) in [5, 5.41) is 9.57.